The van der Waals surface area contributed by atoms with Crippen molar-refractivity contribution in [1.82, 2.24) is 10.3 Å². The van der Waals surface area contributed by atoms with Crippen molar-refractivity contribution in [1.29, 1.82) is 0 Å². The standard InChI is InChI=1S/C11H17N3O/c1-12-9-3-6-14(7-4-9)10-2-5-13-11(15)8-10/h2,5,8-9,12H,3-4,6-7H2,1H3,(H,13,15). The molecule has 0 aliphatic carbocycles. The van der Waals surface area contributed by atoms with Gasteiger partial charge in [0.15, 0.2) is 0 Å². The molecule has 1 saturated heterocycles. The van der Waals surface area contributed by atoms with Crippen LogP contribution in [0.25, 0.3) is 0 Å². The molecule has 15 heavy (non-hydrogen) atoms. The van der Waals surface area contributed by atoms with Crippen molar-refractivity contribution < 1.29 is 0 Å². The Morgan fingerprint density at radius 1 is 1.47 bits per heavy atom. The van der Waals surface area contributed by atoms with Gasteiger partial charge in [0.1, 0.15) is 0 Å². The third-order valence-corrected chi connectivity index (χ3v) is 3.03. The number of aromatic nitrogens is 1. The number of rotatable bonds is 2. The summed E-state index contributed by atoms with van der Waals surface area (Å²) in [4.78, 5) is 16.1. The molecule has 0 atom stereocenters. The van der Waals surface area contributed by atoms with Gasteiger partial charge in [0.25, 0.3) is 0 Å². The van der Waals surface area contributed by atoms with Gasteiger partial charge >= 0.3 is 0 Å². The number of anilines is 1. The van der Waals surface area contributed by atoms with Gasteiger partial charge < -0.3 is 15.2 Å². The average Bonchev–Trinajstić information content (AvgIpc) is 2.29. The molecular weight excluding hydrogens is 190 g/mol. The number of hydrogen-bond acceptors (Lipinski definition) is 3. The first-order valence-corrected chi connectivity index (χ1v) is 5.40. The van der Waals surface area contributed by atoms with E-state index in [1.807, 2.05) is 13.1 Å². The third kappa shape index (κ3) is 2.39. The second kappa shape index (κ2) is 4.49. The molecular formula is C11H17N3O. The van der Waals surface area contributed by atoms with Crippen molar-refractivity contribution >= 4 is 5.69 Å². The minimum atomic E-state index is -0.0248. The molecule has 1 aliphatic heterocycles. The number of H-pyrrole nitrogens is 1. The lowest BCUT2D eigenvalue weighted by Gasteiger charge is -2.33. The molecule has 0 saturated carbocycles. The Labute approximate surface area is 89.3 Å². The summed E-state index contributed by atoms with van der Waals surface area (Å²) in [5.41, 5.74) is 1.01. The van der Waals surface area contributed by atoms with Crippen LogP contribution in [-0.4, -0.2) is 31.2 Å². The summed E-state index contributed by atoms with van der Waals surface area (Å²) >= 11 is 0. The van der Waals surface area contributed by atoms with Crippen LogP contribution in [0, 0.1) is 0 Å². The van der Waals surface area contributed by atoms with Crippen molar-refractivity contribution in [3.8, 4) is 0 Å². The van der Waals surface area contributed by atoms with E-state index in [0.29, 0.717) is 6.04 Å². The van der Waals surface area contributed by atoms with Crippen molar-refractivity contribution in [2.75, 3.05) is 25.0 Å². The second-order valence-electron chi connectivity index (χ2n) is 3.96. The fourth-order valence-corrected chi connectivity index (χ4v) is 2.06. The van der Waals surface area contributed by atoms with E-state index < -0.39 is 0 Å². The maximum atomic E-state index is 11.2. The quantitative estimate of drug-likeness (QED) is 0.745. The third-order valence-electron chi connectivity index (χ3n) is 3.03. The molecule has 0 aromatic carbocycles. The van der Waals surface area contributed by atoms with Crippen LogP contribution < -0.4 is 15.8 Å². The maximum Gasteiger partial charge on any atom is 0.249 e. The van der Waals surface area contributed by atoms with Crippen LogP contribution in [0.4, 0.5) is 5.69 Å². The second-order valence-corrected chi connectivity index (χ2v) is 3.96. The van der Waals surface area contributed by atoms with E-state index in [4.69, 9.17) is 0 Å². The zero-order valence-electron chi connectivity index (χ0n) is 8.99. The zero-order chi connectivity index (χ0) is 10.7. The van der Waals surface area contributed by atoms with E-state index in [2.05, 4.69) is 15.2 Å². The summed E-state index contributed by atoms with van der Waals surface area (Å²) in [6, 6.07) is 4.25. The zero-order valence-corrected chi connectivity index (χ0v) is 8.99. The van der Waals surface area contributed by atoms with Gasteiger partial charge in [-0.3, -0.25) is 4.79 Å². The van der Waals surface area contributed by atoms with Crippen molar-refractivity contribution in [3.05, 3.63) is 28.7 Å². The minimum absolute atomic E-state index is 0.0248. The fraction of sp³-hybridized carbons (Fsp3) is 0.545. The van der Waals surface area contributed by atoms with E-state index in [9.17, 15) is 4.79 Å². The molecule has 4 nitrogen and oxygen atoms in total. The van der Waals surface area contributed by atoms with Gasteiger partial charge in [0.05, 0.1) is 0 Å². The lowest BCUT2D eigenvalue weighted by atomic mass is 10.1. The average molecular weight is 207 g/mol. The highest BCUT2D eigenvalue weighted by atomic mass is 16.1. The summed E-state index contributed by atoms with van der Waals surface area (Å²) in [5.74, 6) is 0. The Morgan fingerprint density at radius 2 is 2.20 bits per heavy atom. The lowest BCUT2D eigenvalue weighted by molar-refractivity contribution is 0.442. The molecule has 0 amide bonds. The number of piperidine rings is 1. The molecule has 0 radical (unpaired) electrons. The molecule has 1 aromatic rings. The monoisotopic (exact) mass is 207 g/mol. The summed E-state index contributed by atoms with van der Waals surface area (Å²) < 4.78 is 0. The molecule has 2 heterocycles. The molecule has 2 N–H and O–H groups in total. The minimum Gasteiger partial charge on any atom is -0.371 e. The van der Waals surface area contributed by atoms with Crippen LogP contribution in [0.2, 0.25) is 0 Å². The largest absolute Gasteiger partial charge is 0.371 e. The van der Waals surface area contributed by atoms with Crippen LogP contribution in [0.15, 0.2) is 23.1 Å². The topological polar surface area (TPSA) is 48.1 Å². The van der Waals surface area contributed by atoms with Crippen molar-refractivity contribution in [3.63, 3.8) is 0 Å². The molecule has 1 aromatic heterocycles. The van der Waals surface area contributed by atoms with E-state index in [-0.39, 0.29) is 5.56 Å². The highest BCUT2D eigenvalue weighted by molar-refractivity contribution is 5.44. The van der Waals surface area contributed by atoms with Gasteiger partial charge in [-0.05, 0) is 26.0 Å². The Hall–Kier alpha value is -1.29. The van der Waals surface area contributed by atoms with Crippen LogP contribution in [0.1, 0.15) is 12.8 Å². The number of nitrogens with one attached hydrogen (secondary N) is 2. The Kier molecular flexibility index (Phi) is 3.06. The summed E-state index contributed by atoms with van der Waals surface area (Å²) in [7, 11) is 2.01. The molecule has 0 spiro atoms. The van der Waals surface area contributed by atoms with E-state index in [1.54, 1.807) is 12.3 Å². The Bertz CT molecular complexity index is 366. The summed E-state index contributed by atoms with van der Waals surface area (Å²) in [5, 5.41) is 3.29. The Morgan fingerprint density at radius 3 is 2.80 bits per heavy atom. The van der Waals surface area contributed by atoms with Gasteiger partial charge in [0.2, 0.25) is 5.56 Å². The van der Waals surface area contributed by atoms with Gasteiger partial charge in [0, 0.05) is 37.1 Å². The first kappa shape index (κ1) is 10.2. The molecule has 1 fully saturated rings. The van der Waals surface area contributed by atoms with Gasteiger partial charge in [-0.15, -0.1) is 0 Å². The fourth-order valence-electron chi connectivity index (χ4n) is 2.06. The van der Waals surface area contributed by atoms with Gasteiger partial charge in [-0.1, -0.05) is 0 Å². The summed E-state index contributed by atoms with van der Waals surface area (Å²) in [6.45, 7) is 2.05. The van der Waals surface area contributed by atoms with E-state index in [1.165, 1.54) is 0 Å². The molecule has 82 valence electrons. The predicted molar refractivity (Wildman–Crippen MR) is 61.4 cm³/mol. The van der Waals surface area contributed by atoms with Gasteiger partial charge in [-0.2, -0.15) is 0 Å². The van der Waals surface area contributed by atoms with Crippen LogP contribution in [-0.2, 0) is 0 Å². The maximum absolute atomic E-state index is 11.2. The number of aromatic amines is 1. The number of pyridine rings is 1. The van der Waals surface area contributed by atoms with Crippen molar-refractivity contribution in [2.24, 2.45) is 0 Å². The van der Waals surface area contributed by atoms with Crippen molar-refractivity contribution in [2.45, 2.75) is 18.9 Å². The van der Waals surface area contributed by atoms with E-state index >= 15 is 0 Å². The molecule has 4 heteroatoms. The number of hydrogen-bond donors (Lipinski definition) is 2. The van der Waals surface area contributed by atoms with Crippen LogP contribution >= 0.6 is 0 Å². The Balaban J connectivity index is 2.04. The predicted octanol–water partition coefficient (Wildman–Crippen LogP) is 0.563. The van der Waals surface area contributed by atoms with Crippen LogP contribution in [0.5, 0.6) is 0 Å². The molecule has 2 rings (SSSR count). The molecule has 0 unspecified atom stereocenters. The number of nitrogens with zero attached hydrogens (tertiary/aromatic N) is 1. The smallest absolute Gasteiger partial charge is 0.249 e. The van der Waals surface area contributed by atoms with Crippen LogP contribution in [0.3, 0.4) is 0 Å². The molecule has 0 bridgehead atoms. The van der Waals surface area contributed by atoms with Gasteiger partial charge in [-0.25, -0.2) is 0 Å². The SMILES string of the molecule is CNC1CCN(c2cc[nH]c(=O)c2)CC1. The highest BCUT2D eigenvalue weighted by Crippen LogP contribution is 2.17. The summed E-state index contributed by atoms with van der Waals surface area (Å²) in [6.07, 6.45) is 3.99. The van der Waals surface area contributed by atoms with E-state index in [0.717, 1.165) is 31.6 Å². The lowest BCUT2D eigenvalue weighted by Crippen LogP contribution is -2.41. The highest BCUT2D eigenvalue weighted by Gasteiger charge is 2.17. The molecule has 1 aliphatic rings. The first-order valence-electron chi connectivity index (χ1n) is 5.40. The normalized spacial score (nSPS) is 18.1. The first-order chi connectivity index (χ1) is 7.29.